The van der Waals surface area contributed by atoms with Crippen LogP contribution >= 0.6 is 0 Å². The number of esters is 1. The number of aromatic nitrogens is 3. The van der Waals surface area contributed by atoms with Crippen LogP contribution in [0.15, 0.2) is 28.9 Å². The summed E-state index contributed by atoms with van der Waals surface area (Å²) in [6, 6.07) is 5.44. The van der Waals surface area contributed by atoms with E-state index in [2.05, 4.69) is 15.1 Å². The molecule has 0 radical (unpaired) electrons. The highest BCUT2D eigenvalue weighted by Gasteiger charge is 2.29. The molecule has 6 nitrogen and oxygen atoms in total. The minimum Gasteiger partial charge on any atom is -0.465 e. The maximum atomic E-state index is 12.1. The van der Waals surface area contributed by atoms with Gasteiger partial charge in [-0.25, -0.2) is 0 Å². The quantitative estimate of drug-likeness (QED) is 0.761. The van der Waals surface area contributed by atoms with E-state index >= 15 is 0 Å². The van der Waals surface area contributed by atoms with Crippen molar-refractivity contribution in [3.05, 3.63) is 30.3 Å². The van der Waals surface area contributed by atoms with Gasteiger partial charge in [0.15, 0.2) is 0 Å². The van der Waals surface area contributed by atoms with Crippen LogP contribution in [-0.4, -0.2) is 27.7 Å². The van der Waals surface area contributed by atoms with Crippen molar-refractivity contribution < 1.29 is 14.1 Å². The van der Waals surface area contributed by atoms with Gasteiger partial charge in [0.1, 0.15) is 11.6 Å². The normalized spacial score (nSPS) is 12.4. The number of hydrogen-bond donors (Lipinski definition) is 0. The molecule has 21 heavy (non-hydrogen) atoms. The van der Waals surface area contributed by atoms with Gasteiger partial charge in [-0.05, 0) is 31.4 Å². The van der Waals surface area contributed by atoms with E-state index in [1.54, 1.807) is 19.2 Å². The van der Waals surface area contributed by atoms with Crippen molar-refractivity contribution in [3.8, 4) is 11.5 Å². The van der Waals surface area contributed by atoms with E-state index in [0.717, 1.165) is 0 Å². The second-order valence-electron chi connectivity index (χ2n) is 5.11. The van der Waals surface area contributed by atoms with Gasteiger partial charge in [0.2, 0.25) is 11.7 Å². The summed E-state index contributed by atoms with van der Waals surface area (Å²) in [6.45, 7) is 6.16. The third-order valence-corrected chi connectivity index (χ3v) is 2.91. The summed E-state index contributed by atoms with van der Waals surface area (Å²) in [7, 11) is 0. The van der Waals surface area contributed by atoms with Crippen LogP contribution < -0.4 is 0 Å². The first-order valence-electron chi connectivity index (χ1n) is 7.03. The van der Waals surface area contributed by atoms with Crippen molar-refractivity contribution in [2.45, 2.75) is 33.1 Å². The lowest BCUT2D eigenvalue weighted by molar-refractivity contribution is -0.146. The summed E-state index contributed by atoms with van der Waals surface area (Å²) in [5.74, 6) is 0.105. The molecule has 0 saturated carbocycles. The maximum absolute atomic E-state index is 12.1. The van der Waals surface area contributed by atoms with E-state index in [-0.39, 0.29) is 11.9 Å². The lowest BCUT2D eigenvalue weighted by atomic mass is 9.97. The van der Waals surface area contributed by atoms with E-state index in [1.807, 2.05) is 26.0 Å². The molecule has 0 spiro atoms. The van der Waals surface area contributed by atoms with Crippen LogP contribution in [0.3, 0.4) is 0 Å². The van der Waals surface area contributed by atoms with Gasteiger partial charge in [-0.1, -0.05) is 25.1 Å². The number of hydrogen-bond acceptors (Lipinski definition) is 6. The fourth-order valence-electron chi connectivity index (χ4n) is 1.99. The number of carbonyl (C=O) groups excluding carboxylic acids is 1. The SMILES string of the molecule is CCOC(=O)C(CC(C)C)c1nc(-c2ccccn2)no1. The van der Waals surface area contributed by atoms with Gasteiger partial charge in [0.25, 0.3) is 0 Å². The van der Waals surface area contributed by atoms with Crippen molar-refractivity contribution in [3.63, 3.8) is 0 Å². The van der Waals surface area contributed by atoms with Crippen molar-refractivity contribution in [2.24, 2.45) is 5.92 Å². The standard InChI is InChI=1S/C15H19N3O3/c1-4-20-15(19)11(9-10(2)3)14-17-13(18-21-14)12-7-5-6-8-16-12/h5-8,10-11H,4,9H2,1-3H3. The Kier molecular flexibility index (Phi) is 5.03. The molecule has 2 heterocycles. The minimum atomic E-state index is -0.532. The topological polar surface area (TPSA) is 78.1 Å². The van der Waals surface area contributed by atoms with Crippen molar-refractivity contribution in [2.75, 3.05) is 6.61 Å². The highest BCUT2D eigenvalue weighted by atomic mass is 16.5. The lowest BCUT2D eigenvalue weighted by Crippen LogP contribution is -2.18. The predicted octanol–water partition coefficient (Wildman–Crippen LogP) is 2.82. The summed E-state index contributed by atoms with van der Waals surface area (Å²) in [5.41, 5.74) is 0.611. The zero-order valence-corrected chi connectivity index (χ0v) is 12.4. The number of ether oxygens (including phenoxy) is 1. The van der Waals surface area contributed by atoms with E-state index in [9.17, 15) is 4.79 Å². The fourth-order valence-corrected chi connectivity index (χ4v) is 1.99. The molecule has 0 saturated heterocycles. The molecule has 112 valence electrons. The van der Waals surface area contributed by atoms with Crippen LogP contribution in [0.5, 0.6) is 0 Å². The molecule has 1 unspecified atom stereocenters. The molecule has 0 aliphatic heterocycles. The molecule has 0 bridgehead atoms. The maximum Gasteiger partial charge on any atom is 0.318 e. The molecule has 0 aromatic carbocycles. The molecular weight excluding hydrogens is 270 g/mol. The van der Waals surface area contributed by atoms with Crippen LogP contribution in [0.25, 0.3) is 11.5 Å². The van der Waals surface area contributed by atoms with E-state index in [1.165, 1.54) is 0 Å². The average Bonchev–Trinajstić information content (AvgIpc) is 2.95. The molecular formula is C15H19N3O3. The van der Waals surface area contributed by atoms with Gasteiger partial charge in [-0.2, -0.15) is 4.98 Å². The average molecular weight is 289 g/mol. The number of pyridine rings is 1. The molecule has 0 fully saturated rings. The molecule has 1 atom stereocenters. The zero-order chi connectivity index (χ0) is 15.2. The summed E-state index contributed by atoms with van der Waals surface area (Å²) in [5, 5.41) is 3.90. The Morgan fingerprint density at radius 3 is 2.81 bits per heavy atom. The first kappa shape index (κ1) is 15.2. The highest BCUT2D eigenvalue weighted by Crippen LogP contribution is 2.25. The second-order valence-corrected chi connectivity index (χ2v) is 5.11. The third kappa shape index (κ3) is 3.87. The van der Waals surface area contributed by atoms with Gasteiger partial charge in [-0.3, -0.25) is 9.78 Å². The number of carbonyl (C=O) groups is 1. The zero-order valence-electron chi connectivity index (χ0n) is 12.4. The first-order chi connectivity index (χ1) is 10.1. The van der Waals surface area contributed by atoms with Crippen molar-refractivity contribution in [1.82, 2.24) is 15.1 Å². The molecule has 2 aromatic heterocycles. The molecule has 2 rings (SSSR count). The molecule has 0 N–H and O–H groups in total. The van der Waals surface area contributed by atoms with Crippen LogP contribution in [0.1, 0.15) is 39.0 Å². The monoisotopic (exact) mass is 289 g/mol. The van der Waals surface area contributed by atoms with Gasteiger partial charge in [-0.15, -0.1) is 0 Å². The molecule has 0 aliphatic rings. The fraction of sp³-hybridized carbons (Fsp3) is 0.467. The van der Waals surface area contributed by atoms with E-state index in [4.69, 9.17) is 9.26 Å². The smallest absolute Gasteiger partial charge is 0.318 e. The highest BCUT2D eigenvalue weighted by molar-refractivity contribution is 5.76. The van der Waals surface area contributed by atoms with Gasteiger partial charge in [0, 0.05) is 6.20 Å². The summed E-state index contributed by atoms with van der Waals surface area (Å²) < 4.78 is 10.3. The van der Waals surface area contributed by atoms with Crippen molar-refractivity contribution >= 4 is 5.97 Å². The summed E-state index contributed by atoms with van der Waals surface area (Å²) in [6.07, 6.45) is 2.25. The van der Waals surface area contributed by atoms with Gasteiger partial charge >= 0.3 is 5.97 Å². The third-order valence-electron chi connectivity index (χ3n) is 2.91. The number of rotatable bonds is 6. The summed E-state index contributed by atoms with van der Waals surface area (Å²) >= 11 is 0. The Bertz CT molecular complexity index is 581. The van der Waals surface area contributed by atoms with E-state index < -0.39 is 5.92 Å². The van der Waals surface area contributed by atoms with Gasteiger partial charge in [0.05, 0.1) is 6.61 Å². The Hall–Kier alpha value is -2.24. The Morgan fingerprint density at radius 2 is 2.19 bits per heavy atom. The minimum absolute atomic E-state index is 0.280. The Labute approximate surface area is 123 Å². The largest absolute Gasteiger partial charge is 0.465 e. The molecule has 6 heteroatoms. The van der Waals surface area contributed by atoms with Crippen LogP contribution in [0.2, 0.25) is 0 Å². The molecule has 2 aromatic rings. The summed E-state index contributed by atoms with van der Waals surface area (Å²) in [4.78, 5) is 20.5. The van der Waals surface area contributed by atoms with Crippen molar-refractivity contribution in [1.29, 1.82) is 0 Å². The number of nitrogens with zero attached hydrogens (tertiary/aromatic N) is 3. The van der Waals surface area contributed by atoms with Crippen LogP contribution in [0.4, 0.5) is 0 Å². The van der Waals surface area contributed by atoms with Gasteiger partial charge < -0.3 is 9.26 Å². The molecule has 0 aliphatic carbocycles. The van der Waals surface area contributed by atoms with Crippen LogP contribution in [0, 0.1) is 5.92 Å². The van der Waals surface area contributed by atoms with Crippen LogP contribution in [-0.2, 0) is 9.53 Å². The lowest BCUT2D eigenvalue weighted by Gasteiger charge is -2.13. The first-order valence-corrected chi connectivity index (χ1v) is 7.03. The molecule has 0 amide bonds. The Morgan fingerprint density at radius 1 is 1.38 bits per heavy atom. The Balaban J connectivity index is 2.25. The predicted molar refractivity (Wildman–Crippen MR) is 76.4 cm³/mol. The van der Waals surface area contributed by atoms with E-state index in [0.29, 0.717) is 30.5 Å². The second kappa shape index (κ2) is 6.97.